The Morgan fingerprint density at radius 3 is 2.14 bits per heavy atom. The van der Waals surface area contributed by atoms with Crippen LogP contribution in [0.3, 0.4) is 0 Å². The molecule has 0 fully saturated rings. The van der Waals surface area contributed by atoms with Crippen molar-refractivity contribution >= 4 is 20.0 Å². The molecule has 0 N–H and O–H groups in total. The van der Waals surface area contributed by atoms with Crippen LogP contribution in [0.4, 0.5) is 0 Å². The van der Waals surface area contributed by atoms with Gasteiger partial charge in [-0.2, -0.15) is 8.42 Å². The lowest BCUT2D eigenvalue weighted by Gasteiger charge is -2.23. The number of unbranched alkanes of at least 4 members (excludes halogenated alkanes) is 1. The van der Waals surface area contributed by atoms with Gasteiger partial charge in [0.1, 0.15) is 0 Å². The average molecular weight is 334 g/mol. The van der Waals surface area contributed by atoms with Gasteiger partial charge >= 0.3 is 0 Å². The summed E-state index contributed by atoms with van der Waals surface area (Å²) in [5.74, 6) is 0. The van der Waals surface area contributed by atoms with Gasteiger partial charge in [0.2, 0.25) is 0 Å². The minimum atomic E-state index is -3.71. The Morgan fingerprint density at radius 1 is 1.10 bits per heavy atom. The fourth-order valence-corrected chi connectivity index (χ4v) is 4.35. The van der Waals surface area contributed by atoms with Crippen molar-refractivity contribution in [2.75, 3.05) is 6.26 Å². The summed E-state index contributed by atoms with van der Waals surface area (Å²) in [5.41, 5.74) is 0. The fraction of sp³-hybridized carbons (Fsp3) is 0.571. The standard InChI is InChI=1S/C14H22O5S2/c1-4-5-11-14(19-20(3,15)16)12(2)21(17,18)13-9-7-6-8-10-13/h6-10,12,14H,4-5,11H2,1-3H3. The molecule has 0 aliphatic rings. The predicted molar refractivity (Wildman–Crippen MR) is 82.3 cm³/mol. The first kappa shape index (κ1) is 18.1. The van der Waals surface area contributed by atoms with E-state index in [1.54, 1.807) is 18.2 Å². The highest BCUT2D eigenvalue weighted by atomic mass is 32.2. The van der Waals surface area contributed by atoms with Crippen LogP contribution in [0.5, 0.6) is 0 Å². The van der Waals surface area contributed by atoms with Crippen LogP contribution in [0.15, 0.2) is 35.2 Å². The lowest BCUT2D eigenvalue weighted by molar-refractivity contribution is 0.195. The number of hydrogen-bond donors (Lipinski definition) is 0. The largest absolute Gasteiger partial charge is 0.266 e. The van der Waals surface area contributed by atoms with Crippen molar-refractivity contribution in [2.24, 2.45) is 0 Å². The second kappa shape index (κ2) is 7.38. The van der Waals surface area contributed by atoms with Crippen LogP contribution >= 0.6 is 0 Å². The van der Waals surface area contributed by atoms with Gasteiger partial charge in [-0.25, -0.2) is 8.42 Å². The first-order valence-corrected chi connectivity index (χ1v) is 10.2. The van der Waals surface area contributed by atoms with Crippen molar-refractivity contribution in [1.82, 2.24) is 0 Å². The molecule has 5 nitrogen and oxygen atoms in total. The van der Waals surface area contributed by atoms with Crippen LogP contribution in [-0.4, -0.2) is 34.4 Å². The van der Waals surface area contributed by atoms with Crippen LogP contribution in [0.2, 0.25) is 0 Å². The third kappa shape index (κ3) is 5.41. The van der Waals surface area contributed by atoms with E-state index in [0.717, 1.165) is 12.7 Å². The Morgan fingerprint density at radius 2 is 1.67 bits per heavy atom. The van der Waals surface area contributed by atoms with Crippen molar-refractivity contribution in [1.29, 1.82) is 0 Å². The maximum atomic E-state index is 12.5. The van der Waals surface area contributed by atoms with E-state index in [-0.39, 0.29) is 4.90 Å². The van der Waals surface area contributed by atoms with Gasteiger partial charge < -0.3 is 0 Å². The fourth-order valence-electron chi connectivity index (χ4n) is 2.02. The van der Waals surface area contributed by atoms with Gasteiger partial charge in [-0.05, 0) is 25.5 Å². The molecular formula is C14H22O5S2. The summed E-state index contributed by atoms with van der Waals surface area (Å²) in [6.07, 6.45) is 1.99. The number of rotatable bonds is 8. The number of hydrogen-bond acceptors (Lipinski definition) is 5. The van der Waals surface area contributed by atoms with E-state index in [4.69, 9.17) is 4.18 Å². The van der Waals surface area contributed by atoms with Crippen molar-refractivity contribution < 1.29 is 21.0 Å². The lowest BCUT2D eigenvalue weighted by atomic mass is 10.1. The molecule has 1 aromatic rings. The molecule has 0 aliphatic heterocycles. The summed E-state index contributed by atoms with van der Waals surface area (Å²) < 4.78 is 52.8. The molecule has 1 rings (SSSR count). The topological polar surface area (TPSA) is 77.5 Å². The van der Waals surface area contributed by atoms with Gasteiger partial charge in [-0.15, -0.1) is 0 Å². The molecule has 0 spiro atoms. The zero-order valence-electron chi connectivity index (χ0n) is 12.5. The van der Waals surface area contributed by atoms with E-state index in [1.165, 1.54) is 19.1 Å². The predicted octanol–water partition coefficient (Wildman–Crippen LogP) is 2.38. The zero-order valence-corrected chi connectivity index (χ0v) is 14.2. The molecule has 120 valence electrons. The quantitative estimate of drug-likeness (QED) is 0.682. The van der Waals surface area contributed by atoms with Crippen molar-refractivity contribution in [3.63, 3.8) is 0 Å². The monoisotopic (exact) mass is 334 g/mol. The molecule has 0 bridgehead atoms. The lowest BCUT2D eigenvalue weighted by Crippen LogP contribution is -2.35. The van der Waals surface area contributed by atoms with E-state index in [0.29, 0.717) is 12.8 Å². The van der Waals surface area contributed by atoms with E-state index >= 15 is 0 Å². The first-order valence-electron chi connectivity index (χ1n) is 6.85. The molecule has 2 unspecified atom stereocenters. The summed E-state index contributed by atoms with van der Waals surface area (Å²) >= 11 is 0. The highest BCUT2D eigenvalue weighted by Gasteiger charge is 2.33. The summed E-state index contributed by atoms with van der Waals surface area (Å²) in [6.45, 7) is 3.45. The first-order chi connectivity index (χ1) is 9.68. The van der Waals surface area contributed by atoms with Gasteiger partial charge in [0.15, 0.2) is 9.84 Å². The van der Waals surface area contributed by atoms with Crippen molar-refractivity contribution in [3.8, 4) is 0 Å². The highest BCUT2D eigenvalue weighted by molar-refractivity contribution is 7.92. The molecule has 7 heteroatoms. The Labute approximate surface area is 127 Å². The molecule has 0 saturated heterocycles. The third-order valence-electron chi connectivity index (χ3n) is 3.23. The average Bonchev–Trinajstić information content (AvgIpc) is 2.42. The Kier molecular flexibility index (Phi) is 6.37. The second-order valence-electron chi connectivity index (χ2n) is 5.04. The molecule has 0 heterocycles. The summed E-state index contributed by atoms with van der Waals surface area (Å²) in [4.78, 5) is 0.177. The molecule has 2 atom stereocenters. The summed E-state index contributed by atoms with van der Waals surface area (Å²) in [6, 6.07) is 8.01. The van der Waals surface area contributed by atoms with E-state index < -0.39 is 31.3 Å². The van der Waals surface area contributed by atoms with Crippen LogP contribution in [0.25, 0.3) is 0 Å². The minimum absolute atomic E-state index is 0.177. The maximum Gasteiger partial charge on any atom is 0.264 e. The number of benzene rings is 1. The molecule has 0 amide bonds. The summed E-state index contributed by atoms with van der Waals surface area (Å²) in [5, 5.41) is -0.929. The highest BCUT2D eigenvalue weighted by Crippen LogP contribution is 2.23. The van der Waals surface area contributed by atoms with Gasteiger partial charge in [-0.3, -0.25) is 4.18 Å². The molecule has 1 aromatic carbocycles. The SMILES string of the molecule is CCCCC(OS(C)(=O)=O)C(C)S(=O)(=O)c1ccccc1. The maximum absolute atomic E-state index is 12.5. The normalized spacial score (nSPS) is 15.6. The van der Waals surface area contributed by atoms with Crippen molar-refractivity contribution in [2.45, 2.75) is 49.4 Å². The van der Waals surface area contributed by atoms with Crippen LogP contribution in [0, 0.1) is 0 Å². The molecule has 0 aliphatic carbocycles. The van der Waals surface area contributed by atoms with Gasteiger partial charge in [0.05, 0.1) is 22.5 Å². The number of sulfone groups is 1. The Balaban J connectivity index is 3.06. The van der Waals surface area contributed by atoms with Crippen LogP contribution < -0.4 is 0 Å². The third-order valence-corrected chi connectivity index (χ3v) is 6.03. The smallest absolute Gasteiger partial charge is 0.264 e. The molecule has 21 heavy (non-hydrogen) atoms. The molecule has 0 radical (unpaired) electrons. The molecule has 0 aromatic heterocycles. The summed E-state index contributed by atoms with van der Waals surface area (Å²) in [7, 11) is -7.34. The Bertz CT molecular complexity index is 635. The van der Waals surface area contributed by atoms with Gasteiger partial charge in [0.25, 0.3) is 10.1 Å². The van der Waals surface area contributed by atoms with E-state index in [2.05, 4.69) is 0 Å². The second-order valence-corrected chi connectivity index (χ2v) is 8.95. The molecular weight excluding hydrogens is 312 g/mol. The van der Waals surface area contributed by atoms with Crippen LogP contribution in [-0.2, 0) is 24.1 Å². The van der Waals surface area contributed by atoms with Crippen LogP contribution in [0.1, 0.15) is 33.1 Å². The minimum Gasteiger partial charge on any atom is -0.266 e. The van der Waals surface area contributed by atoms with Gasteiger partial charge in [0, 0.05) is 0 Å². The zero-order chi connectivity index (χ0) is 16.1. The van der Waals surface area contributed by atoms with Gasteiger partial charge in [-0.1, -0.05) is 38.0 Å². The molecule has 0 saturated carbocycles. The van der Waals surface area contributed by atoms with E-state index in [1.807, 2.05) is 6.92 Å². The van der Waals surface area contributed by atoms with E-state index in [9.17, 15) is 16.8 Å². The van der Waals surface area contributed by atoms with Crippen molar-refractivity contribution in [3.05, 3.63) is 30.3 Å². The Hall–Kier alpha value is -0.920.